The van der Waals surface area contributed by atoms with Crippen LogP contribution in [-0.2, 0) is 34.4 Å². The summed E-state index contributed by atoms with van der Waals surface area (Å²) in [6.45, 7) is 7.25. The van der Waals surface area contributed by atoms with Crippen LogP contribution in [0.25, 0.3) is 32.8 Å². The van der Waals surface area contributed by atoms with Gasteiger partial charge in [-0.3, -0.25) is 48.6 Å². The molecule has 3 unspecified atom stereocenters. The molecule has 4 aromatic carbocycles. The molecule has 0 spiro atoms. The van der Waals surface area contributed by atoms with Gasteiger partial charge in [0.1, 0.15) is 17.6 Å². The first-order chi connectivity index (χ1) is 32.8. The number of anilines is 1. The summed E-state index contributed by atoms with van der Waals surface area (Å²) in [5.74, 6) is -1.95. The number of rotatable bonds is 14. The molecule has 6 aromatic rings. The van der Waals surface area contributed by atoms with Gasteiger partial charge in [0.05, 0.1) is 46.2 Å². The maximum atomic E-state index is 14.0. The second-order valence-electron chi connectivity index (χ2n) is 18.2. The molecular formula is C51H50ClFN8O7. The molecule has 6 heterocycles. The molecule has 15 nitrogen and oxygen atoms in total. The molecule has 0 bridgehead atoms. The minimum absolute atomic E-state index is 0.0149. The highest BCUT2D eigenvalue weighted by Gasteiger charge is 2.46. The number of aryl methyl sites for hydroxylation is 3. The van der Waals surface area contributed by atoms with Gasteiger partial charge < -0.3 is 19.5 Å². The number of hydrogen-bond donors (Lipinski definition) is 2. The Kier molecular flexibility index (Phi) is 11.9. The number of carbonyl (C=O) groups is 6. The smallest absolute Gasteiger partial charge is 0.264 e. The van der Waals surface area contributed by atoms with Crippen molar-refractivity contribution in [3.63, 3.8) is 0 Å². The Hall–Kier alpha value is -6.91. The van der Waals surface area contributed by atoms with Crippen LogP contribution in [0.2, 0.25) is 5.02 Å². The molecule has 17 heteroatoms. The van der Waals surface area contributed by atoms with Crippen molar-refractivity contribution >= 4 is 74.8 Å². The second-order valence-corrected chi connectivity index (χ2v) is 18.6. The highest BCUT2D eigenvalue weighted by molar-refractivity contribution is 6.35. The number of nitrogens with zero attached hydrogens (tertiary/aromatic N) is 6. The lowest BCUT2D eigenvalue weighted by Crippen LogP contribution is -2.54. The van der Waals surface area contributed by atoms with Gasteiger partial charge in [-0.15, -0.1) is 0 Å². The van der Waals surface area contributed by atoms with Gasteiger partial charge in [-0.2, -0.15) is 5.10 Å². The summed E-state index contributed by atoms with van der Waals surface area (Å²) in [4.78, 5) is 83.7. The van der Waals surface area contributed by atoms with Crippen molar-refractivity contribution < 1.29 is 37.9 Å². The SMILES string of the molecule is Cc1nn(C)c(C)c1-c1c(Cl)ccc2c(CCCOc3cccc4cc(F)ccc34)c(C=O)n(CCN3CCC4CN(C(=O)CNc5cccc6c5C(=O)N(C5CCC(=O)NC5=O)C6=O)CC43)c12. The zero-order valence-electron chi connectivity index (χ0n) is 37.9. The number of aldehydes is 1. The molecule has 2 aromatic heterocycles. The molecule has 2 N–H and O–H groups in total. The van der Waals surface area contributed by atoms with Crippen molar-refractivity contribution in [3.8, 4) is 16.9 Å². The molecule has 350 valence electrons. The van der Waals surface area contributed by atoms with Crippen LogP contribution < -0.4 is 15.4 Å². The third-order valence-electron chi connectivity index (χ3n) is 14.3. The number of likely N-dealkylation sites (tertiary alicyclic amines) is 2. The number of imide groups is 2. The predicted octanol–water partition coefficient (Wildman–Crippen LogP) is 6.47. The molecule has 5 amide bonds. The van der Waals surface area contributed by atoms with E-state index < -0.39 is 29.7 Å². The summed E-state index contributed by atoms with van der Waals surface area (Å²) in [6, 6.07) is 17.9. The van der Waals surface area contributed by atoms with Crippen molar-refractivity contribution in [1.82, 2.24) is 34.4 Å². The number of nitrogens with one attached hydrogen (secondary N) is 2. The van der Waals surface area contributed by atoms with Crippen molar-refractivity contribution in [3.05, 3.63) is 111 Å². The third-order valence-corrected chi connectivity index (χ3v) is 14.7. The van der Waals surface area contributed by atoms with Crippen LogP contribution in [0.4, 0.5) is 10.1 Å². The lowest BCUT2D eigenvalue weighted by molar-refractivity contribution is -0.136. The average Bonchev–Trinajstić information content (AvgIpc) is 4.11. The fourth-order valence-corrected chi connectivity index (χ4v) is 11.2. The monoisotopic (exact) mass is 940 g/mol. The number of benzene rings is 4. The topological polar surface area (TPSA) is 168 Å². The quantitative estimate of drug-likeness (QED) is 0.0702. The van der Waals surface area contributed by atoms with Gasteiger partial charge in [0.2, 0.25) is 17.7 Å². The molecule has 10 rings (SSSR count). The fraction of sp³-hybridized carbons (Fsp3) is 0.353. The number of amides is 5. The van der Waals surface area contributed by atoms with Crippen LogP contribution in [-0.4, -0.2) is 116 Å². The predicted molar refractivity (Wildman–Crippen MR) is 253 cm³/mol. The van der Waals surface area contributed by atoms with Gasteiger partial charge in [0.25, 0.3) is 11.8 Å². The van der Waals surface area contributed by atoms with Crippen molar-refractivity contribution in [1.29, 1.82) is 0 Å². The summed E-state index contributed by atoms with van der Waals surface area (Å²) < 4.78 is 24.2. The van der Waals surface area contributed by atoms with Gasteiger partial charge >= 0.3 is 0 Å². The Morgan fingerprint density at radius 2 is 1.76 bits per heavy atom. The number of carbonyl (C=O) groups excluding carboxylic acids is 6. The van der Waals surface area contributed by atoms with E-state index in [9.17, 15) is 33.2 Å². The van der Waals surface area contributed by atoms with E-state index in [1.807, 2.05) is 60.8 Å². The van der Waals surface area contributed by atoms with Crippen LogP contribution >= 0.6 is 11.6 Å². The van der Waals surface area contributed by atoms with Crippen LogP contribution in [0.1, 0.15) is 73.8 Å². The zero-order valence-corrected chi connectivity index (χ0v) is 38.7. The third kappa shape index (κ3) is 7.78. The van der Waals surface area contributed by atoms with Gasteiger partial charge in [-0.25, -0.2) is 4.39 Å². The fourth-order valence-electron chi connectivity index (χ4n) is 11.0. The number of hydrogen-bond acceptors (Lipinski definition) is 10. The van der Waals surface area contributed by atoms with E-state index in [0.29, 0.717) is 67.8 Å². The maximum Gasteiger partial charge on any atom is 0.264 e. The van der Waals surface area contributed by atoms with Gasteiger partial charge in [-0.1, -0.05) is 35.9 Å². The first-order valence-electron chi connectivity index (χ1n) is 23.0. The molecule has 0 saturated carbocycles. The van der Waals surface area contributed by atoms with Crippen molar-refractivity contribution in [2.24, 2.45) is 13.0 Å². The Labute approximate surface area is 396 Å². The first kappa shape index (κ1) is 44.9. The Morgan fingerprint density at radius 1 is 0.956 bits per heavy atom. The summed E-state index contributed by atoms with van der Waals surface area (Å²) in [7, 11) is 1.90. The van der Waals surface area contributed by atoms with Crippen LogP contribution in [0.5, 0.6) is 5.75 Å². The summed E-state index contributed by atoms with van der Waals surface area (Å²) in [5.41, 5.74) is 6.40. The van der Waals surface area contributed by atoms with E-state index in [2.05, 4.69) is 20.1 Å². The highest BCUT2D eigenvalue weighted by Crippen LogP contribution is 2.42. The van der Waals surface area contributed by atoms with Gasteiger partial charge in [0, 0.05) is 79.0 Å². The van der Waals surface area contributed by atoms with E-state index in [1.165, 1.54) is 18.2 Å². The first-order valence-corrected chi connectivity index (χ1v) is 23.4. The molecule has 68 heavy (non-hydrogen) atoms. The minimum atomic E-state index is -1.10. The Balaban J connectivity index is 0.856. The van der Waals surface area contributed by atoms with E-state index in [4.69, 9.17) is 21.4 Å². The highest BCUT2D eigenvalue weighted by atomic mass is 35.5. The largest absolute Gasteiger partial charge is 0.493 e. The van der Waals surface area contributed by atoms with Crippen LogP contribution in [0, 0.1) is 25.6 Å². The maximum absolute atomic E-state index is 14.0. The van der Waals surface area contributed by atoms with Gasteiger partial charge in [-0.05, 0) is 105 Å². The van der Waals surface area contributed by atoms with Crippen molar-refractivity contribution in [2.45, 2.75) is 64.6 Å². The van der Waals surface area contributed by atoms with E-state index in [1.54, 1.807) is 18.2 Å². The molecule has 0 aliphatic carbocycles. The molecular weight excluding hydrogens is 891 g/mol. The van der Waals surface area contributed by atoms with Crippen molar-refractivity contribution in [2.75, 3.05) is 44.6 Å². The molecule has 3 atom stereocenters. The normalized spacial score (nSPS) is 19.3. The number of fused-ring (bicyclic) bond motifs is 4. The summed E-state index contributed by atoms with van der Waals surface area (Å²) >= 11 is 7.13. The number of halogens is 2. The van der Waals surface area contributed by atoms with E-state index in [-0.39, 0.29) is 54.2 Å². The number of ether oxygens (including phenoxy) is 1. The zero-order chi connectivity index (χ0) is 47.5. The molecule has 3 saturated heterocycles. The van der Waals surface area contributed by atoms with Gasteiger partial charge in [0.15, 0.2) is 6.29 Å². The van der Waals surface area contributed by atoms with E-state index in [0.717, 1.165) is 73.9 Å². The second kappa shape index (κ2) is 18.0. The Morgan fingerprint density at radius 3 is 2.54 bits per heavy atom. The molecule has 4 aliphatic heterocycles. The lowest BCUT2D eigenvalue weighted by atomic mass is 9.98. The van der Waals surface area contributed by atoms with Crippen LogP contribution in [0.3, 0.4) is 0 Å². The Bertz CT molecular complexity index is 3110. The summed E-state index contributed by atoms with van der Waals surface area (Å²) in [6.07, 6.45) is 3.05. The molecule has 0 radical (unpaired) electrons. The van der Waals surface area contributed by atoms with Crippen LogP contribution in [0.15, 0.2) is 66.7 Å². The van der Waals surface area contributed by atoms with E-state index >= 15 is 0 Å². The average molecular weight is 941 g/mol. The number of piperidine rings is 1. The summed E-state index contributed by atoms with van der Waals surface area (Å²) in [5, 5.41) is 13.1. The minimum Gasteiger partial charge on any atom is -0.493 e. The molecule has 4 aliphatic rings. The lowest BCUT2D eigenvalue weighted by Gasteiger charge is -2.27. The molecule has 3 fully saturated rings. The number of aromatic nitrogens is 3. The standard InChI is InChI=1S/C51H50ClFN8O7/c1-28-45(29(2)57(3)56-28)47-37(52)15-14-35-34(9-6-22-68-42-11-4-7-30-23-32(53)12-13-33(30)42)41(27-62)60(48(35)47)21-20-58-19-18-31-25-59(26-40(31)58)44(64)24-54-38-10-5-8-36-46(38)51(67)61(50(36)66)39-16-17-43(63)55-49(39)65/h4-5,7-8,10-15,23,27,31,39-40,54H,6,9,16-22,24-26H2,1-3H3,(H,55,63,65).